The molecule has 0 saturated heterocycles. The molecule has 10 heteroatoms. The fourth-order valence-corrected chi connectivity index (χ4v) is 3.30. The van der Waals surface area contributed by atoms with Crippen LogP contribution in [-0.2, 0) is 6.18 Å². The van der Waals surface area contributed by atoms with E-state index >= 15 is 0 Å². The van der Waals surface area contributed by atoms with Gasteiger partial charge in [0.2, 0.25) is 0 Å². The van der Waals surface area contributed by atoms with E-state index in [1.807, 2.05) is 0 Å². The number of carboxylic acid groups (broad SMARTS) is 1. The van der Waals surface area contributed by atoms with Crippen LogP contribution in [0.15, 0.2) is 24.4 Å². The Morgan fingerprint density at radius 2 is 2.04 bits per heavy atom. The fraction of sp³-hybridized carbons (Fsp3) is 0.231. The first-order valence-electron chi connectivity index (χ1n) is 6.38. The molecule has 0 spiro atoms. The Kier molecular flexibility index (Phi) is 3.45. The van der Waals surface area contributed by atoms with Gasteiger partial charge in [-0.25, -0.2) is 4.79 Å². The summed E-state index contributed by atoms with van der Waals surface area (Å²) in [6.07, 6.45) is -3.86. The number of rotatable bonds is 2. The maximum atomic E-state index is 12.7. The van der Waals surface area contributed by atoms with Crippen LogP contribution in [0.4, 0.5) is 18.2 Å². The fourth-order valence-electron chi connectivity index (χ4n) is 2.42. The predicted molar refractivity (Wildman–Crippen MR) is 75.6 cm³/mol. The molecule has 23 heavy (non-hydrogen) atoms. The Labute approximate surface area is 131 Å². The van der Waals surface area contributed by atoms with Gasteiger partial charge in [0.25, 0.3) is 5.91 Å². The average Bonchev–Trinajstić information content (AvgIpc) is 3.08. The van der Waals surface area contributed by atoms with Crippen molar-refractivity contribution < 1.29 is 27.9 Å². The molecule has 3 rings (SSSR count). The zero-order valence-electron chi connectivity index (χ0n) is 11.4. The minimum Gasteiger partial charge on any atom is -0.478 e. The van der Waals surface area contributed by atoms with Gasteiger partial charge in [-0.15, -0.1) is 11.3 Å². The molecule has 1 aliphatic heterocycles. The topological polar surface area (TPSA) is 88.6 Å². The molecule has 1 atom stereocenters. The van der Waals surface area contributed by atoms with Gasteiger partial charge in [-0.1, -0.05) is 0 Å². The van der Waals surface area contributed by atoms with Crippen LogP contribution in [0, 0.1) is 0 Å². The van der Waals surface area contributed by atoms with Gasteiger partial charge in [-0.2, -0.15) is 13.2 Å². The highest BCUT2D eigenvalue weighted by Gasteiger charge is 2.37. The number of alkyl halides is 3. The number of carbonyl (C=O) groups excluding carboxylic acids is 1. The Bertz CT molecular complexity index is 796. The standard InChI is InChI=1S/C13H10F3N3O3S/c14-13(15,16)7-1-2-9(23-7)19-5-8(17)18-4-3-6(12(21)22)10(18)11(19)20/h1-4,8H,5,17H2,(H,21,22)/t8-/m1/s1. The van der Waals surface area contributed by atoms with E-state index in [0.717, 1.165) is 11.0 Å². The number of aromatic nitrogens is 1. The van der Waals surface area contributed by atoms with E-state index in [4.69, 9.17) is 10.8 Å². The van der Waals surface area contributed by atoms with Crippen molar-refractivity contribution in [2.75, 3.05) is 11.4 Å². The van der Waals surface area contributed by atoms with Gasteiger partial charge in [0.15, 0.2) is 0 Å². The highest BCUT2D eigenvalue weighted by atomic mass is 32.1. The number of carboxylic acids is 1. The summed E-state index contributed by atoms with van der Waals surface area (Å²) in [5.74, 6) is -1.99. The molecular weight excluding hydrogens is 335 g/mol. The summed E-state index contributed by atoms with van der Waals surface area (Å²) in [7, 11) is 0. The Hall–Kier alpha value is -2.33. The molecule has 0 aromatic carbocycles. The van der Waals surface area contributed by atoms with E-state index in [1.54, 1.807) is 0 Å². The summed E-state index contributed by atoms with van der Waals surface area (Å²) in [6, 6.07) is 3.30. The number of hydrogen-bond donors (Lipinski definition) is 2. The molecule has 2 aromatic rings. The van der Waals surface area contributed by atoms with Crippen LogP contribution in [0.5, 0.6) is 0 Å². The van der Waals surface area contributed by atoms with E-state index in [1.165, 1.54) is 22.9 Å². The molecule has 2 aromatic heterocycles. The summed E-state index contributed by atoms with van der Waals surface area (Å²) in [5, 5.41) is 9.20. The van der Waals surface area contributed by atoms with E-state index < -0.39 is 29.1 Å². The molecule has 6 nitrogen and oxygen atoms in total. The van der Waals surface area contributed by atoms with Crippen LogP contribution < -0.4 is 10.6 Å². The van der Waals surface area contributed by atoms with E-state index in [0.29, 0.717) is 11.3 Å². The van der Waals surface area contributed by atoms with Gasteiger partial charge >= 0.3 is 12.1 Å². The molecule has 1 aliphatic rings. The smallest absolute Gasteiger partial charge is 0.425 e. The second kappa shape index (κ2) is 5.10. The first-order valence-corrected chi connectivity index (χ1v) is 7.20. The second-order valence-electron chi connectivity index (χ2n) is 4.91. The number of amides is 1. The number of nitrogens with zero attached hydrogens (tertiary/aromatic N) is 2. The largest absolute Gasteiger partial charge is 0.478 e. The third-order valence-electron chi connectivity index (χ3n) is 3.46. The molecule has 122 valence electrons. The first-order chi connectivity index (χ1) is 10.7. The number of nitrogens with two attached hydrogens (primary N) is 1. The molecular formula is C13H10F3N3O3S. The number of hydrogen-bond acceptors (Lipinski definition) is 4. The van der Waals surface area contributed by atoms with E-state index in [-0.39, 0.29) is 22.8 Å². The number of aromatic carboxylic acids is 1. The molecule has 0 fully saturated rings. The lowest BCUT2D eigenvalue weighted by molar-refractivity contribution is -0.134. The van der Waals surface area contributed by atoms with Crippen molar-refractivity contribution in [2.45, 2.75) is 12.3 Å². The van der Waals surface area contributed by atoms with Crippen molar-refractivity contribution in [1.82, 2.24) is 4.57 Å². The molecule has 0 saturated carbocycles. The van der Waals surface area contributed by atoms with Gasteiger partial charge < -0.3 is 15.4 Å². The first kappa shape index (κ1) is 15.6. The highest BCUT2D eigenvalue weighted by molar-refractivity contribution is 7.16. The molecule has 3 N–H and O–H groups in total. The summed E-state index contributed by atoms with van der Waals surface area (Å²) >= 11 is 0.412. The predicted octanol–water partition coefficient (Wildman–Crippen LogP) is 2.38. The van der Waals surface area contributed by atoms with Crippen LogP contribution in [0.3, 0.4) is 0 Å². The maximum Gasteiger partial charge on any atom is 0.425 e. The van der Waals surface area contributed by atoms with Crippen molar-refractivity contribution in [1.29, 1.82) is 0 Å². The van der Waals surface area contributed by atoms with Crippen molar-refractivity contribution in [3.63, 3.8) is 0 Å². The summed E-state index contributed by atoms with van der Waals surface area (Å²) < 4.78 is 39.4. The van der Waals surface area contributed by atoms with Crippen LogP contribution in [0.1, 0.15) is 31.9 Å². The Morgan fingerprint density at radius 1 is 1.35 bits per heavy atom. The molecule has 0 aliphatic carbocycles. The number of carbonyl (C=O) groups is 2. The van der Waals surface area contributed by atoms with Crippen LogP contribution in [0.25, 0.3) is 0 Å². The lowest BCUT2D eigenvalue weighted by Gasteiger charge is -2.32. The van der Waals surface area contributed by atoms with Gasteiger partial charge in [0.1, 0.15) is 10.6 Å². The SMILES string of the molecule is N[C@H]1CN(c2ccc(C(F)(F)F)s2)C(=O)c2c(C(=O)O)ccn21. The normalized spacial score (nSPS) is 18.2. The monoisotopic (exact) mass is 345 g/mol. The number of fused-ring (bicyclic) bond motifs is 1. The van der Waals surface area contributed by atoms with E-state index in [2.05, 4.69) is 0 Å². The van der Waals surface area contributed by atoms with Gasteiger partial charge in [-0.3, -0.25) is 9.69 Å². The lowest BCUT2D eigenvalue weighted by Crippen LogP contribution is -2.46. The van der Waals surface area contributed by atoms with Gasteiger partial charge in [0.05, 0.1) is 23.3 Å². The Balaban J connectivity index is 2.03. The van der Waals surface area contributed by atoms with Crippen molar-refractivity contribution in [2.24, 2.45) is 5.73 Å². The summed E-state index contributed by atoms with van der Waals surface area (Å²) in [4.78, 5) is 23.9. The van der Waals surface area contributed by atoms with Crippen molar-refractivity contribution >= 4 is 28.2 Å². The number of thiophene rings is 1. The zero-order chi connectivity index (χ0) is 16.9. The molecule has 0 radical (unpaired) electrons. The third kappa shape index (κ3) is 2.49. The van der Waals surface area contributed by atoms with Crippen molar-refractivity contribution in [3.8, 4) is 0 Å². The quantitative estimate of drug-likeness (QED) is 0.875. The minimum atomic E-state index is -4.50. The molecule has 0 unspecified atom stereocenters. The number of halogens is 3. The molecule has 1 amide bonds. The Morgan fingerprint density at radius 3 is 2.61 bits per heavy atom. The van der Waals surface area contributed by atoms with Crippen LogP contribution >= 0.6 is 11.3 Å². The van der Waals surface area contributed by atoms with Crippen LogP contribution in [0.2, 0.25) is 0 Å². The summed E-state index contributed by atoms with van der Waals surface area (Å²) in [6.45, 7) is -0.0443. The highest BCUT2D eigenvalue weighted by Crippen LogP contribution is 2.39. The molecule has 0 bridgehead atoms. The van der Waals surface area contributed by atoms with Gasteiger partial charge in [0, 0.05) is 6.20 Å². The summed E-state index contributed by atoms with van der Waals surface area (Å²) in [5.41, 5.74) is 5.53. The second-order valence-corrected chi connectivity index (χ2v) is 5.97. The zero-order valence-corrected chi connectivity index (χ0v) is 12.2. The third-order valence-corrected chi connectivity index (χ3v) is 4.61. The van der Waals surface area contributed by atoms with Crippen LogP contribution in [-0.4, -0.2) is 28.1 Å². The average molecular weight is 345 g/mol. The lowest BCUT2D eigenvalue weighted by atomic mass is 10.2. The van der Waals surface area contributed by atoms with Crippen molar-refractivity contribution in [3.05, 3.63) is 40.5 Å². The number of anilines is 1. The molecule has 3 heterocycles. The van der Waals surface area contributed by atoms with E-state index in [9.17, 15) is 22.8 Å². The van der Waals surface area contributed by atoms with Gasteiger partial charge in [-0.05, 0) is 18.2 Å². The minimum absolute atomic E-state index is 0.0443. The maximum absolute atomic E-state index is 12.7.